The summed E-state index contributed by atoms with van der Waals surface area (Å²) in [4.78, 5) is 19.3. The first-order valence-electron chi connectivity index (χ1n) is 11.0. The number of amides is 1. The Morgan fingerprint density at radius 2 is 2.03 bits per heavy atom. The third kappa shape index (κ3) is 5.06. The lowest BCUT2D eigenvalue weighted by atomic mass is 10.3. The second-order valence-corrected chi connectivity index (χ2v) is 9.68. The van der Waals surface area contributed by atoms with Crippen molar-refractivity contribution < 1.29 is 13.6 Å². The average molecular weight is 499 g/mol. The Bertz CT molecular complexity index is 1250. The van der Waals surface area contributed by atoms with E-state index in [0.717, 1.165) is 24.6 Å². The van der Waals surface area contributed by atoms with Crippen LogP contribution in [-0.4, -0.2) is 56.7 Å². The maximum absolute atomic E-state index is 14.6. The molecule has 1 aliphatic rings. The minimum Gasteiger partial charge on any atom is -0.461 e. The van der Waals surface area contributed by atoms with E-state index in [9.17, 15) is 9.18 Å². The first-order valence-corrected chi connectivity index (χ1v) is 12.9. The number of likely N-dealkylation sites (tertiary alicyclic amines) is 1. The quantitative estimate of drug-likeness (QED) is 0.345. The van der Waals surface area contributed by atoms with Gasteiger partial charge in [-0.25, -0.2) is 9.37 Å². The molecular weight excluding hydrogens is 475 g/mol. The Balaban J connectivity index is 1.27. The molecule has 1 fully saturated rings. The van der Waals surface area contributed by atoms with Crippen molar-refractivity contribution in [1.82, 2.24) is 30.0 Å². The van der Waals surface area contributed by atoms with E-state index in [4.69, 9.17) is 4.42 Å². The summed E-state index contributed by atoms with van der Waals surface area (Å²) in [6.45, 7) is 3.68. The molecule has 3 aromatic heterocycles. The summed E-state index contributed by atoms with van der Waals surface area (Å²) in [6.07, 6.45) is 4.00. The van der Waals surface area contributed by atoms with E-state index in [1.165, 1.54) is 48.3 Å². The molecule has 34 heavy (non-hydrogen) atoms. The third-order valence-corrected chi connectivity index (χ3v) is 7.46. The van der Waals surface area contributed by atoms with E-state index < -0.39 is 0 Å². The van der Waals surface area contributed by atoms with Crippen LogP contribution in [0.1, 0.15) is 28.3 Å². The Kier molecular flexibility index (Phi) is 7.02. The van der Waals surface area contributed by atoms with E-state index in [1.54, 1.807) is 40.3 Å². The molecule has 1 aromatic carbocycles. The number of thiazole rings is 1. The zero-order valence-electron chi connectivity index (χ0n) is 18.3. The van der Waals surface area contributed by atoms with Crippen molar-refractivity contribution in [3.63, 3.8) is 0 Å². The number of nitrogens with zero attached hydrogens (tertiary/aromatic N) is 5. The highest BCUT2D eigenvalue weighted by Crippen LogP contribution is 2.31. The highest BCUT2D eigenvalue weighted by molar-refractivity contribution is 7.98. The fourth-order valence-corrected chi connectivity index (χ4v) is 5.55. The number of rotatable bonds is 9. The molecule has 1 aliphatic heterocycles. The Morgan fingerprint density at radius 1 is 1.18 bits per heavy atom. The summed E-state index contributed by atoms with van der Waals surface area (Å²) in [5.74, 6) is 0.816. The maximum atomic E-state index is 14.6. The molecule has 11 heteroatoms. The molecule has 5 rings (SSSR count). The summed E-state index contributed by atoms with van der Waals surface area (Å²) in [5, 5.41) is 14.5. The number of para-hydroxylation sites is 1. The van der Waals surface area contributed by atoms with Crippen LogP contribution >= 0.6 is 23.1 Å². The van der Waals surface area contributed by atoms with Gasteiger partial charge in [-0.2, -0.15) is 0 Å². The van der Waals surface area contributed by atoms with Crippen LogP contribution in [0.2, 0.25) is 0 Å². The molecule has 4 aromatic rings. The predicted octanol–water partition coefficient (Wildman–Crippen LogP) is 4.24. The number of halogens is 1. The number of hydrogen-bond acceptors (Lipinski definition) is 8. The molecular formula is C23H23FN6O2S2. The van der Waals surface area contributed by atoms with Crippen LogP contribution in [0.3, 0.4) is 0 Å². The molecule has 1 N–H and O–H groups in total. The van der Waals surface area contributed by atoms with Crippen LogP contribution in [0, 0.1) is 5.82 Å². The fourth-order valence-electron chi connectivity index (χ4n) is 3.81. The molecule has 1 amide bonds. The van der Waals surface area contributed by atoms with Gasteiger partial charge in [-0.15, -0.1) is 21.5 Å². The van der Waals surface area contributed by atoms with Crippen LogP contribution in [-0.2, 0) is 5.75 Å². The molecule has 8 nitrogen and oxygen atoms in total. The van der Waals surface area contributed by atoms with E-state index in [-0.39, 0.29) is 11.7 Å². The largest absolute Gasteiger partial charge is 0.461 e. The van der Waals surface area contributed by atoms with Crippen LogP contribution in [0.25, 0.3) is 17.3 Å². The maximum Gasteiger partial charge on any atom is 0.270 e. The zero-order valence-corrected chi connectivity index (χ0v) is 19.9. The van der Waals surface area contributed by atoms with Crippen LogP contribution in [0.5, 0.6) is 0 Å². The van der Waals surface area contributed by atoms with Gasteiger partial charge in [-0.1, -0.05) is 23.9 Å². The standard InChI is InChI=1S/C23H23FN6O2S2/c24-16-6-1-2-7-18(16)30-21(19-8-5-13-32-19)27-28-23(30)34-15-20-26-17(14-33-20)22(31)25-9-12-29-10-3-4-11-29/h1-2,5-8,13-14H,3-4,9-12,15H2,(H,25,31). The van der Waals surface area contributed by atoms with Crippen molar-refractivity contribution in [2.45, 2.75) is 23.8 Å². The predicted molar refractivity (Wildman–Crippen MR) is 129 cm³/mol. The number of furan rings is 1. The second-order valence-electron chi connectivity index (χ2n) is 7.79. The Morgan fingerprint density at radius 3 is 2.82 bits per heavy atom. The van der Waals surface area contributed by atoms with E-state index in [0.29, 0.717) is 40.4 Å². The van der Waals surface area contributed by atoms with Crippen LogP contribution < -0.4 is 5.32 Å². The highest BCUT2D eigenvalue weighted by atomic mass is 32.2. The van der Waals surface area contributed by atoms with Gasteiger partial charge >= 0.3 is 0 Å². The molecule has 176 valence electrons. The summed E-state index contributed by atoms with van der Waals surface area (Å²) >= 11 is 2.78. The van der Waals surface area contributed by atoms with Gasteiger partial charge < -0.3 is 14.6 Å². The van der Waals surface area contributed by atoms with Crippen LogP contribution in [0.15, 0.2) is 57.6 Å². The van der Waals surface area contributed by atoms with E-state index in [1.807, 2.05) is 0 Å². The number of nitrogens with one attached hydrogen (secondary N) is 1. The van der Waals surface area contributed by atoms with Gasteiger partial charge in [0.15, 0.2) is 10.9 Å². The third-order valence-electron chi connectivity index (χ3n) is 5.49. The van der Waals surface area contributed by atoms with E-state index >= 15 is 0 Å². The molecule has 0 spiro atoms. The monoisotopic (exact) mass is 498 g/mol. The lowest BCUT2D eigenvalue weighted by molar-refractivity contribution is 0.0945. The number of carbonyl (C=O) groups is 1. The summed E-state index contributed by atoms with van der Waals surface area (Å²) in [7, 11) is 0. The fraction of sp³-hybridized carbons (Fsp3) is 0.304. The molecule has 0 radical (unpaired) electrons. The number of benzene rings is 1. The van der Waals surface area contributed by atoms with Gasteiger partial charge in [0, 0.05) is 18.5 Å². The molecule has 0 unspecified atom stereocenters. The highest BCUT2D eigenvalue weighted by Gasteiger charge is 2.21. The van der Waals surface area contributed by atoms with Crippen molar-refractivity contribution in [2.75, 3.05) is 26.2 Å². The van der Waals surface area contributed by atoms with Gasteiger partial charge in [0.25, 0.3) is 5.91 Å². The minimum atomic E-state index is -0.390. The van der Waals surface area contributed by atoms with Crippen LogP contribution in [0.4, 0.5) is 4.39 Å². The Hall–Kier alpha value is -3.02. The molecule has 0 aliphatic carbocycles. The van der Waals surface area contributed by atoms with Crippen molar-refractivity contribution in [3.8, 4) is 17.3 Å². The van der Waals surface area contributed by atoms with Crippen molar-refractivity contribution in [2.24, 2.45) is 0 Å². The molecule has 0 saturated carbocycles. The van der Waals surface area contributed by atoms with Gasteiger partial charge in [-0.05, 0) is 50.2 Å². The van der Waals surface area contributed by atoms with Crippen molar-refractivity contribution in [1.29, 1.82) is 0 Å². The van der Waals surface area contributed by atoms with Gasteiger partial charge in [-0.3, -0.25) is 9.36 Å². The van der Waals surface area contributed by atoms with E-state index in [2.05, 4.69) is 25.4 Å². The molecule has 4 heterocycles. The first-order chi connectivity index (χ1) is 16.7. The SMILES string of the molecule is O=C(NCCN1CCCC1)c1csc(CSc2nnc(-c3ccco3)n2-c2ccccc2F)n1. The molecule has 0 atom stereocenters. The van der Waals surface area contributed by atoms with Gasteiger partial charge in [0.05, 0.1) is 17.7 Å². The number of hydrogen-bond donors (Lipinski definition) is 1. The van der Waals surface area contributed by atoms with Crippen molar-refractivity contribution >= 4 is 29.0 Å². The second kappa shape index (κ2) is 10.5. The summed E-state index contributed by atoms with van der Waals surface area (Å²) < 4.78 is 21.8. The minimum absolute atomic E-state index is 0.165. The molecule has 1 saturated heterocycles. The summed E-state index contributed by atoms with van der Waals surface area (Å²) in [6, 6.07) is 9.96. The molecule has 0 bridgehead atoms. The lowest BCUT2D eigenvalue weighted by Gasteiger charge is -2.14. The summed E-state index contributed by atoms with van der Waals surface area (Å²) in [5.41, 5.74) is 0.743. The number of carbonyl (C=O) groups excluding carboxylic acids is 1. The van der Waals surface area contributed by atoms with Gasteiger partial charge in [0.1, 0.15) is 16.5 Å². The topological polar surface area (TPSA) is 89.1 Å². The zero-order chi connectivity index (χ0) is 23.3. The average Bonchev–Trinajstić information content (AvgIpc) is 3.65. The lowest BCUT2D eigenvalue weighted by Crippen LogP contribution is -2.33. The first kappa shape index (κ1) is 22.8. The van der Waals surface area contributed by atoms with Crippen molar-refractivity contribution in [3.05, 3.63) is 64.6 Å². The number of aromatic nitrogens is 4. The normalized spacial score (nSPS) is 14.0. The Labute approximate surface area is 204 Å². The number of thioether (sulfide) groups is 1. The van der Waals surface area contributed by atoms with Gasteiger partial charge in [0.2, 0.25) is 5.82 Å². The smallest absolute Gasteiger partial charge is 0.270 e.